The van der Waals surface area contributed by atoms with Crippen molar-refractivity contribution < 1.29 is 4.79 Å². The van der Waals surface area contributed by atoms with Crippen LogP contribution in [-0.4, -0.2) is 27.0 Å². The highest BCUT2D eigenvalue weighted by atomic mass is 79.9. The van der Waals surface area contributed by atoms with Gasteiger partial charge in [-0.15, -0.1) is 0 Å². The first-order chi connectivity index (χ1) is 8.25. The van der Waals surface area contributed by atoms with Gasteiger partial charge in [-0.2, -0.15) is 0 Å². The van der Waals surface area contributed by atoms with Crippen LogP contribution in [0.25, 0.3) is 0 Å². The highest BCUT2D eigenvalue weighted by Crippen LogP contribution is 2.05. The molecule has 0 saturated carbocycles. The molecule has 0 fully saturated rings. The predicted octanol–water partition coefficient (Wildman–Crippen LogP) is 1.47. The van der Waals surface area contributed by atoms with E-state index in [0.717, 1.165) is 0 Å². The maximum atomic E-state index is 11.7. The lowest BCUT2D eigenvalue weighted by Crippen LogP contribution is -2.27. The molecule has 0 aliphatic heterocycles. The molecule has 2 aromatic rings. The van der Waals surface area contributed by atoms with Gasteiger partial charge in [0, 0.05) is 25.5 Å². The molecule has 0 atom stereocenters. The lowest BCUT2D eigenvalue weighted by atomic mass is 10.3. The average Bonchev–Trinajstić information content (AvgIpc) is 2.82. The molecule has 0 aromatic carbocycles. The highest BCUT2D eigenvalue weighted by molar-refractivity contribution is 9.10. The maximum Gasteiger partial charge on any atom is 0.269 e. The number of aromatic nitrogens is 3. The van der Waals surface area contributed by atoms with E-state index in [2.05, 4.69) is 31.2 Å². The number of carbonyl (C=O) groups is 1. The molecule has 2 aromatic heterocycles. The van der Waals surface area contributed by atoms with Crippen LogP contribution in [0.15, 0.2) is 41.5 Å². The fourth-order valence-electron chi connectivity index (χ4n) is 1.34. The normalized spacial score (nSPS) is 10.2. The Bertz CT molecular complexity index is 498. The highest BCUT2D eigenvalue weighted by Gasteiger charge is 2.06. The Morgan fingerprint density at radius 1 is 1.47 bits per heavy atom. The molecule has 0 radical (unpaired) electrons. The Morgan fingerprint density at radius 2 is 2.35 bits per heavy atom. The fraction of sp³-hybridized carbons (Fsp3) is 0.182. The second-order valence-electron chi connectivity index (χ2n) is 3.40. The lowest BCUT2D eigenvalue weighted by Gasteiger charge is -2.05. The van der Waals surface area contributed by atoms with Crippen molar-refractivity contribution in [2.45, 2.75) is 6.54 Å². The third-order valence-corrected chi connectivity index (χ3v) is 2.60. The van der Waals surface area contributed by atoms with Gasteiger partial charge in [0.2, 0.25) is 0 Å². The van der Waals surface area contributed by atoms with Crippen molar-refractivity contribution in [3.05, 3.63) is 47.2 Å². The van der Waals surface area contributed by atoms with E-state index in [0.29, 0.717) is 23.4 Å². The Hall–Kier alpha value is -1.69. The van der Waals surface area contributed by atoms with E-state index in [9.17, 15) is 4.79 Å². The molecule has 6 heteroatoms. The summed E-state index contributed by atoms with van der Waals surface area (Å²) >= 11 is 3.23. The second kappa shape index (κ2) is 5.58. The van der Waals surface area contributed by atoms with Crippen LogP contribution in [0.5, 0.6) is 0 Å². The van der Waals surface area contributed by atoms with Crippen LogP contribution in [0.2, 0.25) is 0 Å². The van der Waals surface area contributed by atoms with Crippen LogP contribution in [0.1, 0.15) is 10.5 Å². The van der Waals surface area contributed by atoms with Crippen LogP contribution in [0.3, 0.4) is 0 Å². The number of hydrogen-bond donors (Lipinski definition) is 1. The van der Waals surface area contributed by atoms with Gasteiger partial charge >= 0.3 is 0 Å². The van der Waals surface area contributed by atoms with Crippen LogP contribution in [0, 0.1) is 0 Å². The summed E-state index contributed by atoms with van der Waals surface area (Å²) in [6, 6.07) is 5.24. The monoisotopic (exact) mass is 294 g/mol. The zero-order valence-electron chi connectivity index (χ0n) is 9.01. The number of imidazole rings is 1. The van der Waals surface area contributed by atoms with Gasteiger partial charge in [-0.1, -0.05) is 6.07 Å². The number of carbonyl (C=O) groups excluding carboxylic acids is 1. The Morgan fingerprint density at radius 3 is 3.06 bits per heavy atom. The fourth-order valence-corrected chi connectivity index (χ4v) is 1.69. The van der Waals surface area contributed by atoms with E-state index in [1.807, 2.05) is 10.8 Å². The summed E-state index contributed by atoms with van der Waals surface area (Å²) in [7, 11) is 0. The quantitative estimate of drug-likeness (QED) is 0.869. The first-order valence-corrected chi connectivity index (χ1v) is 5.91. The van der Waals surface area contributed by atoms with Crippen LogP contribution in [0.4, 0.5) is 0 Å². The SMILES string of the molecule is O=C(NCCn1ccnc1)c1cccc(Br)n1. The van der Waals surface area contributed by atoms with Crippen molar-refractivity contribution in [3.63, 3.8) is 0 Å². The summed E-state index contributed by atoms with van der Waals surface area (Å²) in [5.41, 5.74) is 0.407. The standard InChI is InChI=1S/C11H11BrN4O/c12-10-3-1-2-9(15-10)11(17)14-5-7-16-6-4-13-8-16/h1-4,6,8H,5,7H2,(H,14,17). The third kappa shape index (κ3) is 3.39. The molecule has 2 rings (SSSR count). The number of rotatable bonds is 4. The topological polar surface area (TPSA) is 59.8 Å². The lowest BCUT2D eigenvalue weighted by molar-refractivity contribution is 0.0947. The molecule has 0 spiro atoms. The molecule has 2 heterocycles. The number of nitrogens with one attached hydrogen (secondary N) is 1. The summed E-state index contributed by atoms with van der Waals surface area (Å²) in [5.74, 6) is -0.175. The van der Waals surface area contributed by atoms with Gasteiger partial charge in [0.25, 0.3) is 5.91 Å². The van der Waals surface area contributed by atoms with Crippen LogP contribution >= 0.6 is 15.9 Å². The van der Waals surface area contributed by atoms with Crippen LogP contribution < -0.4 is 5.32 Å². The van der Waals surface area contributed by atoms with E-state index >= 15 is 0 Å². The minimum atomic E-state index is -0.175. The van der Waals surface area contributed by atoms with E-state index in [-0.39, 0.29) is 5.91 Å². The van der Waals surface area contributed by atoms with Gasteiger partial charge in [0.15, 0.2) is 0 Å². The molecule has 1 amide bonds. The van der Waals surface area contributed by atoms with Crippen molar-refractivity contribution in [1.29, 1.82) is 0 Å². The summed E-state index contributed by atoms with van der Waals surface area (Å²) in [6.45, 7) is 1.24. The zero-order valence-corrected chi connectivity index (χ0v) is 10.6. The molecule has 0 unspecified atom stereocenters. The second-order valence-corrected chi connectivity index (χ2v) is 4.21. The van der Waals surface area contributed by atoms with Gasteiger partial charge in [0.1, 0.15) is 10.3 Å². The van der Waals surface area contributed by atoms with E-state index < -0.39 is 0 Å². The molecular weight excluding hydrogens is 284 g/mol. The molecule has 17 heavy (non-hydrogen) atoms. The molecule has 5 nitrogen and oxygen atoms in total. The number of pyridine rings is 1. The van der Waals surface area contributed by atoms with Gasteiger partial charge in [-0.3, -0.25) is 4.79 Å². The van der Waals surface area contributed by atoms with Crippen LogP contribution in [-0.2, 0) is 6.54 Å². The smallest absolute Gasteiger partial charge is 0.269 e. The molecule has 1 N–H and O–H groups in total. The molecule has 0 aliphatic rings. The van der Waals surface area contributed by atoms with E-state index in [4.69, 9.17) is 0 Å². The molecule has 0 bridgehead atoms. The van der Waals surface area contributed by atoms with Crippen molar-refractivity contribution in [3.8, 4) is 0 Å². The zero-order chi connectivity index (χ0) is 12.1. The summed E-state index contributed by atoms with van der Waals surface area (Å²) in [4.78, 5) is 19.7. The largest absolute Gasteiger partial charge is 0.349 e. The Labute approximate surface area is 107 Å². The van der Waals surface area contributed by atoms with Gasteiger partial charge in [0.05, 0.1) is 6.33 Å². The van der Waals surface area contributed by atoms with E-state index in [1.165, 1.54) is 0 Å². The number of halogens is 1. The van der Waals surface area contributed by atoms with E-state index in [1.54, 1.807) is 30.7 Å². The minimum absolute atomic E-state index is 0.175. The summed E-state index contributed by atoms with van der Waals surface area (Å²) in [6.07, 6.45) is 5.27. The van der Waals surface area contributed by atoms with Crippen molar-refractivity contribution in [2.24, 2.45) is 0 Å². The first-order valence-electron chi connectivity index (χ1n) is 5.12. The molecule has 0 saturated heterocycles. The predicted molar refractivity (Wildman–Crippen MR) is 66.5 cm³/mol. The van der Waals surface area contributed by atoms with Crippen molar-refractivity contribution >= 4 is 21.8 Å². The number of amides is 1. The van der Waals surface area contributed by atoms with Crippen molar-refractivity contribution in [2.75, 3.05) is 6.54 Å². The Balaban J connectivity index is 1.85. The minimum Gasteiger partial charge on any atom is -0.349 e. The van der Waals surface area contributed by atoms with Gasteiger partial charge in [-0.05, 0) is 28.1 Å². The molecule has 88 valence electrons. The average molecular weight is 295 g/mol. The number of nitrogens with zero attached hydrogens (tertiary/aromatic N) is 3. The molecule has 0 aliphatic carbocycles. The summed E-state index contributed by atoms with van der Waals surface area (Å²) < 4.78 is 2.55. The van der Waals surface area contributed by atoms with Gasteiger partial charge in [-0.25, -0.2) is 9.97 Å². The molecular formula is C11H11BrN4O. The van der Waals surface area contributed by atoms with Crippen molar-refractivity contribution in [1.82, 2.24) is 19.9 Å². The Kier molecular flexibility index (Phi) is 3.87. The maximum absolute atomic E-state index is 11.7. The first kappa shape index (κ1) is 11.8. The number of hydrogen-bond acceptors (Lipinski definition) is 3. The van der Waals surface area contributed by atoms with Gasteiger partial charge < -0.3 is 9.88 Å². The summed E-state index contributed by atoms with van der Waals surface area (Å²) in [5, 5.41) is 2.79. The third-order valence-electron chi connectivity index (χ3n) is 2.16.